The van der Waals surface area contributed by atoms with Crippen molar-refractivity contribution in [3.8, 4) is 0 Å². The molecular formula is C16H24N2O4S. The highest BCUT2D eigenvalue weighted by molar-refractivity contribution is 7.88. The number of sulfonamides is 1. The fourth-order valence-electron chi connectivity index (χ4n) is 3.41. The second-order valence-corrected chi connectivity index (χ2v) is 8.63. The number of carbonyl (C=O) groups is 1. The molecule has 2 saturated carbocycles. The Morgan fingerprint density at radius 2 is 2.00 bits per heavy atom. The lowest BCUT2D eigenvalue weighted by Gasteiger charge is -2.29. The molecule has 0 bridgehead atoms. The van der Waals surface area contributed by atoms with Crippen LogP contribution in [0.25, 0.3) is 0 Å². The molecule has 2 aliphatic carbocycles. The summed E-state index contributed by atoms with van der Waals surface area (Å²) in [4.78, 5) is 12.3. The van der Waals surface area contributed by atoms with Crippen molar-refractivity contribution in [2.45, 2.75) is 51.1 Å². The van der Waals surface area contributed by atoms with E-state index in [1.54, 1.807) is 12.1 Å². The normalized spacial score (nSPS) is 25.3. The average molecular weight is 340 g/mol. The van der Waals surface area contributed by atoms with Gasteiger partial charge in [0.1, 0.15) is 5.76 Å². The number of nitrogens with one attached hydrogen (secondary N) is 2. The number of amides is 1. The Kier molecular flexibility index (Phi) is 4.77. The van der Waals surface area contributed by atoms with Crippen molar-refractivity contribution in [1.29, 1.82) is 0 Å². The van der Waals surface area contributed by atoms with Crippen LogP contribution in [-0.4, -0.2) is 26.6 Å². The molecule has 0 spiro atoms. The van der Waals surface area contributed by atoms with Crippen molar-refractivity contribution in [2.24, 2.45) is 11.8 Å². The van der Waals surface area contributed by atoms with Crippen LogP contribution in [0.4, 0.5) is 0 Å². The Balaban J connectivity index is 1.52. The lowest BCUT2D eigenvalue weighted by Crippen LogP contribution is -2.38. The molecule has 1 heterocycles. The largest absolute Gasteiger partial charge is 0.455 e. The molecule has 7 heteroatoms. The highest BCUT2D eigenvalue weighted by atomic mass is 32.2. The third-order valence-electron chi connectivity index (χ3n) is 4.73. The van der Waals surface area contributed by atoms with Crippen LogP contribution in [-0.2, 0) is 16.6 Å². The molecule has 23 heavy (non-hydrogen) atoms. The number of carbonyl (C=O) groups excluding carboxylic acids is 1. The first-order valence-corrected chi connectivity index (χ1v) is 10.1. The molecule has 2 fully saturated rings. The summed E-state index contributed by atoms with van der Waals surface area (Å²) in [5.41, 5.74) is 0. The van der Waals surface area contributed by atoms with Gasteiger partial charge in [0.05, 0.1) is 12.8 Å². The zero-order valence-electron chi connectivity index (χ0n) is 13.4. The molecule has 2 aliphatic rings. The van der Waals surface area contributed by atoms with Crippen molar-refractivity contribution in [2.75, 3.05) is 6.26 Å². The summed E-state index contributed by atoms with van der Waals surface area (Å²) in [5, 5.41) is 3.06. The fourth-order valence-corrected chi connectivity index (χ4v) is 3.81. The molecule has 6 nitrogen and oxygen atoms in total. The van der Waals surface area contributed by atoms with Gasteiger partial charge in [-0.15, -0.1) is 0 Å². The quantitative estimate of drug-likeness (QED) is 0.829. The van der Waals surface area contributed by atoms with E-state index in [0.717, 1.165) is 30.9 Å². The van der Waals surface area contributed by atoms with Crippen molar-refractivity contribution in [3.05, 3.63) is 23.7 Å². The highest BCUT2D eigenvalue weighted by Gasteiger charge is 2.35. The molecule has 0 unspecified atom stereocenters. The summed E-state index contributed by atoms with van der Waals surface area (Å²) in [6.45, 7) is 0.0549. The zero-order valence-corrected chi connectivity index (χ0v) is 14.2. The van der Waals surface area contributed by atoms with E-state index in [4.69, 9.17) is 4.42 Å². The summed E-state index contributed by atoms with van der Waals surface area (Å²) in [6.07, 6.45) is 8.34. The van der Waals surface area contributed by atoms with Gasteiger partial charge in [-0.2, -0.15) is 0 Å². The summed E-state index contributed by atoms with van der Waals surface area (Å²) >= 11 is 0. The zero-order chi connectivity index (χ0) is 16.4. The van der Waals surface area contributed by atoms with E-state index in [2.05, 4.69) is 10.0 Å². The topological polar surface area (TPSA) is 88.4 Å². The van der Waals surface area contributed by atoms with Gasteiger partial charge in [0, 0.05) is 6.04 Å². The summed E-state index contributed by atoms with van der Waals surface area (Å²) in [7, 11) is -3.27. The predicted octanol–water partition coefficient (Wildman–Crippen LogP) is 2.03. The SMILES string of the molecule is CS(=O)(=O)NCc1ccc(C(=O)N[C@H]2CCC[C@H](C3CC3)C2)o1. The summed E-state index contributed by atoms with van der Waals surface area (Å²) < 4.78 is 29.9. The Morgan fingerprint density at radius 3 is 2.70 bits per heavy atom. The number of hydrogen-bond acceptors (Lipinski definition) is 4. The van der Waals surface area contributed by atoms with Gasteiger partial charge in [-0.05, 0) is 49.7 Å². The molecule has 0 aromatic carbocycles. The van der Waals surface area contributed by atoms with E-state index in [9.17, 15) is 13.2 Å². The second kappa shape index (κ2) is 6.65. The van der Waals surface area contributed by atoms with Gasteiger partial charge < -0.3 is 9.73 Å². The number of hydrogen-bond donors (Lipinski definition) is 2. The van der Waals surface area contributed by atoms with Gasteiger partial charge in [0.2, 0.25) is 10.0 Å². The lowest BCUT2D eigenvalue weighted by atomic mass is 9.82. The van der Waals surface area contributed by atoms with Crippen LogP contribution in [0.1, 0.15) is 54.8 Å². The van der Waals surface area contributed by atoms with Crippen molar-refractivity contribution in [1.82, 2.24) is 10.0 Å². The van der Waals surface area contributed by atoms with E-state index in [1.165, 1.54) is 25.7 Å². The van der Waals surface area contributed by atoms with E-state index in [0.29, 0.717) is 5.76 Å². The number of rotatable bonds is 6. The van der Waals surface area contributed by atoms with E-state index >= 15 is 0 Å². The molecule has 128 valence electrons. The first-order valence-electron chi connectivity index (χ1n) is 8.25. The molecule has 0 aliphatic heterocycles. The highest BCUT2D eigenvalue weighted by Crippen LogP contribution is 2.43. The van der Waals surface area contributed by atoms with Crippen LogP contribution in [0.3, 0.4) is 0 Å². The van der Waals surface area contributed by atoms with Crippen LogP contribution in [0.2, 0.25) is 0 Å². The van der Waals surface area contributed by atoms with Crippen molar-refractivity contribution < 1.29 is 17.6 Å². The first-order chi connectivity index (χ1) is 10.9. The molecule has 3 rings (SSSR count). The first kappa shape index (κ1) is 16.5. The maximum Gasteiger partial charge on any atom is 0.287 e. The van der Waals surface area contributed by atoms with Gasteiger partial charge in [-0.25, -0.2) is 13.1 Å². The minimum atomic E-state index is -3.27. The third kappa shape index (κ3) is 4.81. The van der Waals surface area contributed by atoms with Crippen LogP contribution < -0.4 is 10.0 Å². The van der Waals surface area contributed by atoms with E-state index < -0.39 is 10.0 Å². The second-order valence-electron chi connectivity index (χ2n) is 6.79. The molecular weight excluding hydrogens is 316 g/mol. The molecule has 2 N–H and O–H groups in total. The fraction of sp³-hybridized carbons (Fsp3) is 0.688. The molecule has 1 aromatic heterocycles. The molecule has 1 amide bonds. The maximum absolute atomic E-state index is 12.3. The van der Waals surface area contributed by atoms with Gasteiger partial charge >= 0.3 is 0 Å². The van der Waals surface area contributed by atoms with Crippen LogP contribution in [0, 0.1) is 11.8 Å². The third-order valence-corrected chi connectivity index (χ3v) is 5.40. The Labute approximate surface area is 137 Å². The standard InChI is InChI=1S/C16H24N2O4S/c1-23(20,21)17-10-14-7-8-15(22-14)16(19)18-13-4-2-3-12(9-13)11-5-6-11/h7-8,11-13,17H,2-6,9-10H2,1H3,(H,18,19)/t12-,13-/m0/s1. The van der Waals surface area contributed by atoms with Gasteiger partial charge in [0.15, 0.2) is 5.76 Å². The minimum Gasteiger partial charge on any atom is -0.455 e. The predicted molar refractivity (Wildman–Crippen MR) is 86.3 cm³/mol. The van der Waals surface area contributed by atoms with Crippen molar-refractivity contribution in [3.63, 3.8) is 0 Å². The van der Waals surface area contributed by atoms with Crippen LogP contribution >= 0.6 is 0 Å². The van der Waals surface area contributed by atoms with Gasteiger partial charge in [-0.3, -0.25) is 4.79 Å². The van der Waals surface area contributed by atoms with Crippen molar-refractivity contribution >= 4 is 15.9 Å². The lowest BCUT2D eigenvalue weighted by molar-refractivity contribution is 0.0887. The Bertz CT molecular complexity index is 663. The Hall–Kier alpha value is -1.34. The van der Waals surface area contributed by atoms with Gasteiger partial charge in [-0.1, -0.05) is 12.8 Å². The van der Waals surface area contributed by atoms with E-state index in [1.807, 2.05) is 0 Å². The number of furan rings is 1. The van der Waals surface area contributed by atoms with Crippen LogP contribution in [0.15, 0.2) is 16.5 Å². The summed E-state index contributed by atoms with van der Waals surface area (Å²) in [6, 6.07) is 3.45. The van der Waals surface area contributed by atoms with E-state index in [-0.39, 0.29) is 24.3 Å². The Morgan fingerprint density at radius 1 is 1.22 bits per heavy atom. The van der Waals surface area contributed by atoms with Gasteiger partial charge in [0.25, 0.3) is 5.91 Å². The average Bonchev–Trinajstić information content (AvgIpc) is 3.23. The minimum absolute atomic E-state index is 0.0549. The molecule has 0 radical (unpaired) electrons. The maximum atomic E-state index is 12.3. The monoisotopic (exact) mass is 340 g/mol. The molecule has 1 aromatic rings. The summed E-state index contributed by atoms with van der Waals surface area (Å²) in [5.74, 6) is 2.10. The molecule has 2 atom stereocenters. The molecule has 0 saturated heterocycles. The smallest absolute Gasteiger partial charge is 0.287 e. The van der Waals surface area contributed by atoms with Crippen LogP contribution in [0.5, 0.6) is 0 Å².